The number of halogens is 6. The number of rotatable bonds is 6. The summed E-state index contributed by atoms with van der Waals surface area (Å²) in [7, 11) is 2.76. The lowest BCUT2D eigenvalue weighted by Crippen LogP contribution is -2.49. The summed E-state index contributed by atoms with van der Waals surface area (Å²) in [6.45, 7) is 3.11. The minimum Gasteiger partial charge on any atom is -0.497 e. The second kappa shape index (κ2) is 8.22. The van der Waals surface area contributed by atoms with Gasteiger partial charge in [-0.25, -0.2) is 0 Å². The van der Waals surface area contributed by atoms with E-state index in [0.29, 0.717) is 11.5 Å². The summed E-state index contributed by atoms with van der Waals surface area (Å²) in [6.07, 6.45) is -0.0272. The zero-order chi connectivity index (χ0) is 26.9. The number of furan rings is 2. The molecule has 0 bridgehead atoms. The lowest BCUT2D eigenvalue weighted by molar-refractivity contribution is -0.254. The Hall–Kier alpha value is -3.56. The van der Waals surface area contributed by atoms with E-state index in [4.69, 9.17) is 18.3 Å². The molecule has 1 aliphatic rings. The van der Waals surface area contributed by atoms with Crippen LogP contribution in [0.2, 0.25) is 0 Å². The van der Waals surface area contributed by atoms with Gasteiger partial charge in [0, 0.05) is 58.0 Å². The number of fused-ring (bicyclic) bond motifs is 2. The third-order valence-electron chi connectivity index (χ3n) is 6.75. The topological polar surface area (TPSA) is 44.7 Å². The van der Waals surface area contributed by atoms with Gasteiger partial charge in [-0.1, -0.05) is 13.8 Å². The minimum absolute atomic E-state index is 0.00848. The van der Waals surface area contributed by atoms with E-state index >= 15 is 26.3 Å². The summed E-state index contributed by atoms with van der Waals surface area (Å²) in [6, 6.07) is 8.28. The SMILES string of the molecule is CCc1oc2cc(OC)ccc2c1C1=C(c2c(CC)oc3cc(OC)ccc23)C(F)(F)C(F)(F)C1(F)F. The van der Waals surface area contributed by atoms with E-state index in [1.54, 1.807) is 13.8 Å². The van der Waals surface area contributed by atoms with Crippen LogP contribution in [0.3, 0.4) is 0 Å². The highest BCUT2D eigenvalue weighted by Gasteiger charge is 2.81. The predicted molar refractivity (Wildman–Crippen MR) is 126 cm³/mol. The van der Waals surface area contributed by atoms with E-state index in [9.17, 15) is 0 Å². The quantitative estimate of drug-likeness (QED) is 0.239. The first kappa shape index (κ1) is 25.1. The summed E-state index contributed by atoms with van der Waals surface area (Å²) in [5.74, 6) is -15.8. The molecule has 2 heterocycles. The van der Waals surface area contributed by atoms with Crippen molar-refractivity contribution in [2.75, 3.05) is 14.2 Å². The maximum absolute atomic E-state index is 15.6. The van der Waals surface area contributed by atoms with E-state index < -0.39 is 40.0 Å². The molecule has 0 aliphatic heterocycles. The molecule has 4 nitrogen and oxygen atoms in total. The first-order valence-electron chi connectivity index (χ1n) is 11.5. The molecule has 0 fully saturated rings. The van der Waals surface area contributed by atoms with Gasteiger partial charge in [-0.3, -0.25) is 0 Å². The van der Waals surface area contributed by atoms with Crippen LogP contribution in [-0.2, 0) is 12.8 Å². The molecule has 1 aliphatic carbocycles. The van der Waals surface area contributed by atoms with E-state index in [1.807, 2.05) is 0 Å². The summed E-state index contributed by atoms with van der Waals surface area (Å²) in [4.78, 5) is 0. The number of aryl methyl sites for hydroxylation is 2. The standard InChI is InChI=1S/C27H22F6O4/c1-5-17-21(15-9-7-13(34-3)11-19(15)36-17)23-24(26(30,31)27(32,33)25(23,28)29)22-16-10-8-14(35-4)12-20(16)37-18(22)6-2/h7-12H,5-6H2,1-4H3. The van der Waals surface area contributed by atoms with Crippen molar-refractivity contribution < 1.29 is 44.7 Å². The molecule has 0 atom stereocenters. The molecule has 37 heavy (non-hydrogen) atoms. The van der Waals surface area contributed by atoms with Crippen LogP contribution in [0.1, 0.15) is 36.5 Å². The van der Waals surface area contributed by atoms with E-state index in [-0.39, 0.29) is 46.3 Å². The van der Waals surface area contributed by atoms with Crippen LogP contribution in [0.15, 0.2) is 45.2 Å². The van der Waals surface area contributed by atoms with Crippen molar-refractivity contribution in [1.29, 1.82) is 0 Å². The highest BCUT2D eigenvalue weighted by Crippen LogP contribution is 2.66. The fraction of sp³-hybridized carbons (Fsp3) is 0.333. The molecule has 0 amide bonds. The Morgan fingerprint density at radius 2 is 1.03 bits per heavy atom. The molecule has 0 unspecified atom stereocenters. The number of hydrogen-bond donors (Lipinski definition) is 0. The Balaban J connectivity index is 1.97. The van der Waals surface area contributed by atoms with E-state index in [2.05, 4.69) is 0 Å². The van der Waals surface area contributed by atoms with Crippen LogP contribution < -0.4 is 9.47 Å². The predicted octanol–water partition coefficient (Wildman–Crippen LogP) is 8.15. The Bertz CT molecular complexity index is 1450. The molecule has 2 aromatic heterocycles. The molecule has 2 aromatic carbocycles. The molecule has 0 radical (unpaired) electrons. The number of benzene rings is 2. The summed E-state index contributed by atoms with van der Waals surface area (Å²) < 4.78 is 114. The summed E-state index contributed by atoms with van der Waals surface area (Å²) in [5.41, 5.74) is -3.83. The largest absolute Gasteiger partial charge is 0.497 e. The number of ether oxygens (including phenoxy) is 2. The van der Waals surface area contributed by atoms with Crippen LogP contribution in [0.25, 0.3) is 33.1 Å². The molecular weight excluding hydrogens is 502 g/mol. The molecule has 0 spiro atoms. The van der Waals surface area contributed by atoms with Gasteiger partial charge in [0.05, 0.1) is 14.2 Å². The van der Waals surface area contributed by atoms with Gasteiger partial charge in [0.1, 0.15) is 34.2 Å². The maximum atomic E-state index is 15.6. The van der Waals surface area contributed by atoms with Gasteiger partial charge in [0.25, 0.3) is 0 Å². The van der Waals surface area contributed by atoms with Crippen molar-refractivity contribution >= 4 is 33.1 Å². The van der Waals surface area contributed by atoms with Gasteiger partial charge in [-0.2, -0.15) is 26.3 Å². The highest BCUT2D eigenvalue weighted by atomic mass is 19.3. The maximum Gasteiger partial charge on any atom is 0.380 e. The van der Waals surface area contributed by atoms with Crippen LogP contribution in [-0.4, -0.2) is 32.0 Å². The van der Waals surface area contributed by atoms with Crippen molar-refractivity contribution in [3.63, 3.8) is 0 Å². The fourth-order valence-corrected chi connectivity index (χ4v) is 4.94. The lowest BCUT2D eigenvalue weighted by atomic mass is 9.90. The van der Waals surface area contributed by atoms with E-state index in [0.717, 1.165) is 0 Å². The molecule has 0 saturated heterocycles. The van der Waals surface area contributed by atoms with Crippen LogP contribution in [0, 0.1) is 0 Å². The van der Waals surface area contributed by atoms with Crippen molar-refractivity contribution in [3.8, 4) is 11.5 Å². The average molecular weight is 524 g/mol. The van der Waals surface area contributed by atoms with Gasteiger partial charge in [-0.05, 0) is 24.3 Å². The van der Waals surface area contributed by atoms with E-state index in [1.165, 1.54) is 50.6 Å². The third kappa shape index (κ3) is 3.23. The van der Waals surface area contributed by atoms with Gasteiger partial charge in [0.2, 0.25) is 0 Å². The Labute approximate surface area is 207 Å². The van der Waals surface area contributed by atoms with Crippen LogP contribution in [0.4, 0.5) is 26.3 Å². The molecule has 4 aromatic rings. The highest BCUT2D eigenvalue weighted by molar-refractivity contribution is 6.11. The summed E-state index contributed by atoms with van der Waals surface area (Å²) in [5, 5.41) is -0.0170. The molecule has 5 rings (SSSR count). The second-order valence-corrected chi connectivity index (χ2v) is 8.70. The molecule has 0 saturated carbocycles. The summed E-state index contributed by atoms with van der Waals surface area (Å²) >= 11 is 0. The second-order valence-electron chi connectivity index (χ2n) is 8.70. The van der Waals surface area contributed by atoms with Crippen molar-refractivity contribution in [2.45, 2.75) is 44.5 Å². The fourth-order valence-electron chi connectivity index (χ4n) is 4.94. The Morgan fingerprint density at radius 3 is 1.35 bits per heavy atom. The first-order valence-corrected chi connectivity index (χ1v) is 11.5. The number of methoxy groups -OCH3 is 2. The molecule has 196 valence electrons. The molecule has 10 heteroatoms. The Morgan fingerprint density at radius 1 is 0.649 bits per heavy atom. The molecule has 0 N–H and O–H groups in total. The normalized spacial score (nSPS) is 18.2. The first-order chi connectivity index (χ1) is 17.4. The van der Waals surface area contributed by atoms with Crippen molar-refractivity contribution in [2.24, 2.45) is 0 Å². The van der Waals surface area contributed by atoms with Gasteiger partial charge in [-0.15, -0.1) is 0 Å². The number of allylic oxidation sites excluding steroid dienone is 2. The van der Waals surface area contributed by atoms with Crippen LogP contribution in [0.5, 0.6) is 11.5 Å². The average Bonchev–Trinajstić information content (AvgIpc) is 3.45. The lowest BCUT2D eigenvalue weighted by Gasteiger charge is -2.25. The smallest absolute Gasteiger partial charge is 0.380 e. The third-order valence-corrected chi connectivity index (χ3v) is 6.75. The van der Waals surface area contributed by atoms with Crippen LogP contribution >= 0.6 is 0 Å². The van der Waals surface area contributed by atoms with Gasteiger partial charge in [0.15, 0.2) is 0 Å². The van der Waals surface area contributed by atoms with Gasteiger partial charge >= 0.3 is 17.8 Å². The zero-order valence-electron chi connectivity index (χ0n) is 20.3. The number of hydrogen-bond acceptors (Lipinski definition) is 4. The molecular formula is C27H22F6O4. The number of alkyl halides is 6. The van der Waals surface area contributed by atoms with Gasteiger partial charge < -0.3 is 18.3 Å². The van der Waals surface area contributed by atoms with Crippen molar-refractivity contribution in [3.05, 3.63) is 59.0 Å². The minimum atomic E-state index is -5.72. The monoisotopic (exact) mass is 524 g/mol. The van der Waals surface area contributed by atoms with Crippen molar-refractivity contribution in [1.82, 2.24) is 0 Å². The Kier molecular flexibility index (Phi) is 5.58. The zero-order valence-corrected chi connectivity index (χ0v) is 20.3.